The molecular weight excluding hydrogens is 355 g/mol. The molecule has 0 unspecified atom stereocenters. The van der Waals surface area contributed by atoms with Gasteiger partial charge in [0.25, 0.3) is 0 Å². The van der Waals surface area contributed by atoms with E-state index in [0.29, 0.717) is 17.0 Å². The van der Waals surface area contributed by atoms with Gasteiger partial charge >= 0.3 is 0 Å². The van der Waals surface area contributed by atoms with Crippen molar-refractivity contribution in [2.75, 3.05) is 44.2 Å². The minimum Gasteiger partial charge on any atom is -0.391 e. The highest BCUT2D eigenvalue weighted by Gasteiger charge is 2.23. The Kier molecular flexibility index (Phi) is 6.71. The smallest absolute Gasteiger partial charge is 0.155 e. The van der Waals surface area contributed by atoms with Gasteiger partial charge in [-0.25, -0.2) is 9.37 Å². The van der Waals surface area contributed by atoms with Crippen LogP contribution in [0.2, 0.25) is 0 Å². The topological polar surface area (TPSA) is 68.1 Å². The Labute approximate surface area is 165 Å². The van der Waals surface area contributed by atoms with Gasteiger partial charge in [0.2, 0.25) is 0 Å². The molecule has 0 amide bonds. The van der Waals surface area contributed by atoms with Gasteiger partial charge in [-0.3, -0.25) is 9.88 Å². The number of nitrogens with one attached hydrogen (secondary N) is 2. The Balaban J connectivity index is 1.71. The van der Waals surface area contributed by atoms with E-state index in [1.165, 1.54) is 6.07 Å². The molecule has 1 saturated heterocycles. The number of piperazine rings is 1. The molecule has 28 heavy (non-hydrogen) atoms. The van der Waals surface area contributed by atoms with Crippen molar-refractivity contribution in [3.05, 3.63) is 54.2 Å². The SMILES string of the molecule is CCN/C=C(/CN1CCN(c2nccnc2-c2ccccc2F)CC1)C(C)=N. The van der Waals surface area contributed by atoms with E-state index in [2.05, 4.69) is 25.1 Å². The van der Waals surface area contributed by atoms with Crippen molar-refractivity contribution in [2.24, 2.45) is 0 Å². The molecule has 2 N–H and O–H groups in total. The Hall–Kier alpha value is -2.80. The third kappa shape index (κ3) is 4.72. The first-order valence-corrected chi connectivity index (χ1v) is 9.61. The average Bonchev–Trinajstić information content (AvgIpc) is 2.72. The monoisotopic (exact) mass is 382 g/mol. The van der Waals surface area contributed by atoms with Crippen LogP contribution in [0.4, 0.5) is 10.2 Å². The third-order valence-electron chi connectivity index (χ3n) is 4.84. The summed E-state index contributed by atoms with van der Waals surface area (Å²) in [7, 11) is 0. The van der Waals surface area contributed by atoms with Gasteiger partial charge in [-0.1, -0.05) is 12.1 Å². The zero-order chi connectivity index (χ0) is 19.9. The Bertz CT molecular complexity index is 842. The molecule has 1 fully saturated rings. The fraction of sp³-hybridized carbons (Fsp3) is 0.381. The lowest BCUT2D eigenvalue weighted by molar-refractivity contribution is 0.280. The lowest BCUT2D eigenvalue weighted by Crippen LogP contribution is -2.47. The molecule has 0 aliphatic carbocycles. The van der Waals surface area contributed by atoms with E-state index >= 15 is 0 Å². The largest absolute Gasteiger partial charge is 0.391 e. The van der Waals surface area contributed by atoms with Crippen LogP contribution < -0.4 is 10.2 Å². The minimum atomic E-state index is -0.289. The van der Waals surface area contributed by atoms with E-state index in [1.807, 2.05) is 26.1 Å². The number of benzene rings is 1. The molecule has 7 heteroatoms. The quantitative estimate of drug-likeness (QED) is 0.721. The molecule has 2 aromatic rings. The summed E-state index contributed by atoms with van der Waals surface area (Å²) in [6, 6.07) is 6.68. The second kappa shape index (κ2) is 9.41. The third-order valence-corrected chi connectivity index (χ3v) is 4.84. The van der Waals surface area contributed by atoms with Crippen LogP contribution in [0, 0.1) is 11.2 Å². The van der Waals surface area contributed by atoms with Gasteiger partial charge in [0.1, 0.15) is 11.5 Å². The van der Waals surface area contributed by atoms with E-state index in [4.69, 9.17) is 5.41 Å². The van der Waals surface area contributed by atoms with E-state index < -0.39 is 0 Å². The van der Waals surface area contributed by atoms with E-state index in [9.17, 15) is 4.39 Å². The maximum absolute atomic E-state index is 14.3. The van der Waals surface area contributed by atoms with Crippen molar-refractivity contribution in [1.29, 1.82) is 5.41 Å². The number of hydrogen-bond acceptors (Lipinski definition) is 6. The molecule has 6 nitrogen and oxygen atoms in total. The van der Waals surface area contributed by atoms with Crippen LogP contribution in [0.5, 0.6) is 0 Å². The summed E-state index contributed by atoms with van der Waals surface area (Å²) in [6.45, 7) is 8.72. The van der Waals surface area contributed by atoms with Crippen LogP contribution in [-0.4, -0.2) is 59.8 Å². The summed E-state index contributed by atoms with van der Waals surface area (Å²) in [5, 5.41) is 11.2. The molecule has 0 atom stereocenters. The molecule has 3 rings (SSSR count). The summed E-state index contributed by atoms with van der Waals surface area (Å²) in [6.07, 6.45) is 5.20. The number of anilines is 1. The van der Waals surface area contributed by atoms with Gasteiger partial charge in [-0.2, -0.15) is 0 Å². The lowest BCUT2D eigenvalue weighted by Gasteiger charge is -2.36. The second-order valence-corrected chi connectivity index (χ2v) is 6.82. The molecular formula is C21H27FN6. The number of rotatable bonds is 7. The van der Waals surface area contributed by atoms with E-state index in [1.54, 1.807) is 24.5 Å². The van der Waals surface area contributed by atoms with E-state index in [0.717, 1.165) is 50.7 Å². The zero-order valence-electron chi connectivity index (χ0n) is 16.5. The van der Waals surface area contributed by atoms with Crippen LogP contribution in [0.3, 0.4) is 0 Å². The molecule has 2 heterocycles. The molecule has 1 aromatic heterocycles. The normalized spacial score (nSPS) is 15.5. The summed E-state index contributed by atoms with van der Waals surface area (Å²) in [5.41, 5.74) is 2.64. The van der Waals surface area contributed by atoms with Crippen molar-refractivity contribution < 1.29 is 4.39 Å². The minimum absolute atomic E-state index is 0.289. The fourth-order valence-corrected chi connectivity index (χ4v) is 3.26. The summed E-state index contributed by atoms with van der Waals surface area (Å²) >= 11 is 0. The second-order valence-electron chi connectivity index (χ2n) is 6.82. The average molecular weight is 382 g/mol. The number of nitrogens with zero attached hydrogens (tertiary/aromatic N) is 4. The zero-order valence-corrected chi connectivity index (χ0v) is 16.5. The summed E-state index contributed by atoms with van der Waals surface area (Å²) in [5.74, 6) is 0.432. The highest BCUT2D eigenvalue weighted by Crippen LogP contribution is 2.29. The number of halogens is 1. The van der Waals surface area contributed by atoms with Gasteiger partial charge in [0.05, 0.1) is 0 Å². The van der Waals surface area contributed by atoms with Crippen molar-refractivity contribution in [3.63, 3.8) is 0 Å². The van der Waals surface area contributed by atoms with E-state index in [-0.39, 0.29) is 5.82 Å². The maximum atomic E-state index is 14.3. The van der Waals surface area contributed by atoms with Crippen LogP contribution in [-0.2, 0) is 0 Å². The molecule has 1 aliphatic heterocycles. The Morgan fingerprint density at radius 1 is 1.18 bits per heavy atom. The number of hydrogen-bond donors (Lipinski definition) is 2. The highest BCUT2D eigenvalue weighted by atomic mass is 19.1. The summed E-state index contributed by atoms with van der Waals surface area (Å²) in [4.78, 5) is 13.4. The fourth-order valence-electron chi connectivity index (χ4n) is 3.26. The van der Waals surface area contributed by atoms with Gasteiger partial charge in [0.15, 0.2) is 5.82 Å². The first-order valence-electron chi connectivity index (χ1n) is 9.61. The molecule has 148 valence electrons. The first kappa shape index (κ1) is 19.9. The standard InChI is InChI=1S/C21H27FN6/c1-3-24-14-17(16(2)23)15-27-10-12-28(13-11-27)21-20(25-8-9-26-21)18-6-4-5-7-19(18)22/h4-9,14,23-24H,3,10-13,15H2,1-2H3/b17-14-,23-16?. The van der Waals surface area contributed by atoms with Crippen molar-refractivity contribution >= 4 is 11.5 Å². The summed E-state index contributed by atoms with van der Waals surface area (Å²) < 4.78 is 14.3. The van der Waals surface area contributed by atoms with Gasteiger partial charge in [-0.05, 0) is 26.0 Å². The van der Waals surface area contributed by atoms with Crippen molar-refractivity contribution in [2.45, 2.75) is 13.8 Å². The van der Waals surface area contributed by atoms with Crippen LogP contribution in [0.1, 0.15) is 13.8 Å². The molecule has 1 aromatic carbocycles. The van der Waals surface area contributed by atoms with Crippen LogP contribution in [0.15, 0.2) is 48.4 Å². The lowest BCUT2D eigenvalue weighted by atomic mass is 10.1. The first-order chi connectivity index (χ1) is 13.6. The number of aromatic nitrogens is 2. The van der Waals surface area contributed by atoms with Gasteiger partial charge in [-0.15, -0.1) is 0 Å². The molecule has 0 bridgehead atoms. The molecule has 0 saturated carbocycles. The van der Waals surface area contributed by atoms with Gasteiger partial charge in [0, 0.05) is 74.7 Å². The maximum Gasteiger partial charge on any atom is 0.155 e. The molecule has 1 aliphatic rings. The van der Waals surface area contributed by atoms with Crippen molar-refractivity contribution in [3.8, 4) is 11.3 Å². The molecule has 0 spiro atoms. The predicted molar refractivity (Wildman–Crippen MR) is 111 cm³/mol. The Morgan fingerprint density at radius 2 is 1.89 bits per heavy atom. The van der Waals surface area contributed by atoms with Crippen LogP contribution >= 0.6 is 0 Å². The van der Waals surface area contributed by atoms with Crippen LogP contribution in [0.25, 0.3) is 11.3 Å². The Morgan fingerprint density at radius 3 is 2.57 bits per heavy atom. The highest BCUT2D eigenvalue weighted by molar-refractivity contribution is 5.95. The van der Waals surface area contributed by atoms with Gasteiger partial charge < -0.3 is 15.6 Å². The predicted octanol–water partition coefficient (Wildman–Crippen LogP) is 2.94. The molecule has 0 radical (unpaired) electrons. The van der Waals surface area contributed by atoms with Crippen molar-refractivity contribution in [1.82, 2.24) is 20.2 Å².